The SMILES string of the molecule is O=[C]C(=O)Cc1c[nH]c2ccccc12. The van der Waals surface area contributed by atoms with Crippen molar-refractivity contribution in [3.63, 3.8) is 0 Å². The highest BCUT2D eigenvalue weighted by Gasteiger charge is 2.07. The number of fused-ring (bicyclic) bond motifs is 1. The number of benzene rings is 1. The van der Waals surface area contributed by atoms with E-state index in [9.17, 15) is 9.59 Å². The van der Waals surface area contributed by atoms with Gasteiger partial charge in [0.25, 0.3) is 6.29 Å². The first-order chi connectivity index (χ1) is 6.81. The lowest BCUT2D eigenvalue weighted by Crippen LogP contribution is -2.02. The van der Waals surface area contributed by atoms with Crippen LogP contribution in [0.3, 0.4) is 0 Å². The Balaban J connectivity index is 2.43. The Morgan fingerprint density at radius 2 is 2.14 bits per heavy atom. The molecule has 2 rings (SSSR count). The second kappa shape index (κ2) is 3.46. The average Bonchev–Trinajstić information content (AvgIpc) is 2.62. The van der Waals surface area contributed by atoms with Crippen LogP contribution in [0.25, 0.3) is 10.9 Å². The fourth-order valence-electron chi connectivity index (χ4n) is 1.49. The quantitative estimate of drug-likeness (QED) is 0.736. The van der Waals surface area contributed by atoms with E-state index in [1.807, 2.05) is 24.3 Å². The number of ketones is 1. The van der Waals surface area contributed by atoms with Crippen molar-refractivity contribution in [2.45, 2.75) is 6.42 Å². The van der Waals surface area contributed by atoms with Gasteiger partial charge < -0.3 is 4.98 Å². The van der Waals surface area contributed by atoms with Crippen molar-refractivity contribution in [2.75, 3.05) is 0 Å². The Hall–Kier alpha value is -1.90. The van der Waals surface area contributed by atoms with Gasteiger partial charge in [0.15, 0.2) is 0 Å². The third-order valence-corrected chi connectivity index (χ3v) is 2.14. The minimum atomic E-state index is -0.519. The van der Waals surface area contributed by atoms with E-state index in [1.54, 1.807) is 6.20 Å². The van der Waals surface area contributed by atoms with E-state index in [-0.39, 0.29) is 6.42 Å². The minimum Gasteiger partial charge on any atom is -0.361 e. The van der Waals surface area contributed by atoms with E-state index in [0.29, 0.717) is 0 Å². The lowest BCUT2D eigenvalue weighted by Gasteiger charge is -1.92. The number of hydrogen-bond donors (Lipinski definition) is 1. The van der Waals surface area contributed by atoms with Gasteiger partial charge in [-0.1, -0.05) is 18.2 Å². The molecular formula is C11H8NO2. The maximum absolute atomic E-state index is 10.9. The Morgan fingerprint density at radius 1 is 1.36 bits per heavy atom. The molecule has 0 unspecified atom stereocenters. The van der Waals surface area contributed by atoms with Crippen LogP contribution in [0.4, 0.5) is 0 Å². The second-order valence-electron chi connectivity index (χ2n) is 3.06. The van der Waals surface area contributed by atoms with Crippen molar-refractivity contribution in [2.24, 2.45) is 0 Å². The van der Waals surface area contributed by atoms with E-state index < -0.39 is 5.78 Å². The zero-order chi connectivity index (χ0) is 9.97. The minimum absolute atomic E-state index is 0.119. The number of aromatic nitrogens is 1. The first-order valence-electron chi connectivity index (χ1n) is 4.27. The number of hydrogen-bond acceptors (Lipinski definition) is 2. The van der Waals surface area contributed by atoms with Gasteiger partial charge in [0.05, 0.1) is 0 Å². The van der Waals surface area contributed by atoms with E-state index >= 15 is 0 Å². The second-order valence-corrected chi connectivity index (χ2v) is 3.06. The van der Waals surface area contributed by atoms with Gasteiger partial charge >= 0.3 is 0 Å². The summed E-state index contributed by atoms with van der Waals surface area (Å²) in [6, 6.07) is 7.65. The highest BCUT2D eigenvalue weighted by Crippen LogP contribution is 2.17. The highest BCUT2D eigenvalue weighted by molar-refractivity contribution is 6.26. The van der Waals surface area contributed by atoms with Crippen LogP contribution < -0.4 is 0 Å². The van der Waals surface area contributed by atoms with Crippen molar-refractivity contribution in [3.8, 4) is 0 Å². The third kappa shape index (κ3) is 1.44. The molecule has 0 saturated carbocycles. The normalized spacial score (nSPS) is 10.3. The van der Waals surface area contributed by atoms with Gasteiger partial charge in [-0.15, -0.1) is 0 Å². The Bertz CT molecular complexity index is 485. The van der Waals surface area contributed by atoms with Crippen molar-refractivity contribution < 1.29 is 9.59 Å². The van der Waals surface area contributed by atoms with Crippen LogP contribution in [0.2, 0.25) is 0 Å². The fourth-order valence-corrected chi connectivity index (χ4v) is 1.49. The van der Waals surface area contributed by atoms with E-state index in [2.05, 4.69) is 4.98 Å². The number of nitrogens with one attached hydrogen (secondary N) is 1. The molecule has 0 fully saturated rings. The van der Waals surface area contributed by atoms with Gasteiger partial charge in [-0.05, 0) is 11.6 Å². The van der Waals surface area contributed by atoms with Gasteiger partial charge in [0.2, 0.25) is 5.78 Å². The molecule has 0 saturated heterocycles. The van der Waals surface area contributed by atoms with Gasteiger partial charge in [-0.2, -0.15) is 0 Å². The third-order valence-electron chi connectivity index (χ3n) is 2.14. The fraction of sp³-hybridized carbons (Fsp3) is 0.0909. The summed E-state index contributed by atoms with van der Waals surface area (Å²) in [5.41, 5.74) is 1.81. The summed E-state index contributed by atoms with van der Waals surface area (Å²) in [4.78, 5) is 24.0. The largest absolute Gasteiger partial charge is 0.361 e. The monoisotopic (exact) mass is 186 g/mol. The molecule has 1 radical (unpaired) electrons. The van der Waals surface area contributed by atoms with Crippen molar-refractivity contribution in [1.82, 2.24) is 4.98 Å². The number of aromatic amines is 1. The van der Waals surface area contributed by atoms with Crippen LogP contribution in [-0.4, -0.2) is 17.1 Å². The van der Waals surface area contributed by atoms with Crippen LogP contribution in [0.5, 0.6) is 0 Å². The molecule has 0 aliphatic rings. The molecule has 1 aromatic heterocycles. The molecule has 0 bridgehead atoms. The predicted octanol–water partition coefficient (Wildman–Crippen LogP) is 1.39. The van der Waals surface area contributed by atoms with Crippen LogP contribution in [-0.2, 0) is 16.0 Å². The van der Waals surface area contributed by atoms with E-state index in [0.717, 1.165) is 16.5 Å². The number of Topliss-reactive ketones (excluding diaryl/α,β-unsaturated/α-hetero) is 1. The van der Waals surface area contributed by atoms with Gasteiger partial charge in [-0.3, -0.25) is 9.59 Å². The summed E-state index contributed by atoms with van der Waals surface area (Å²) < 4.78 is 0. The molecule has 1 N–H and O–H groups in total. The molecule has 1 heterocycles. The van der Waals surface area contributed by atoms with E-state index in [4.69, 9.17) is 0 Å². The van der Waals surface area contributed by atoms with Gasteiger partial charge in [0, 0.05) is 23.5 Å². The van der Waals surface area contributed by atoms with Crippen LogP contribution in [0.15, 0.2) is 30.5 Å². The lowest BCUT2D eigenvalue weighted by atomic mass is 10.1. The molecular weight excluding hydrogens is 178 g/mol. The molecule has 69 valence electrons. The summed E-state index contributed by atoms with van der Waals surface area (Å²) >= 11 is 0. The van der Waals surface area contributed by atoms with Crippen molar-refractivity contribution in [3.05, 3.63) is 36.0 Å². The van der Waals surface area contributed by atoms with E-state index in [1.165, 1.54) is 6.29 Å². The number of carbonyl (C=O) groups excluding carboxylic acids is 2. The molecule has 0 atom stereocenters. The molecule has 3 nitrogen and oxygen atoms in total. The van der Waals surface area contributed by atoms with Gasteiger partial charge in [-0.25, -0.2) is 0 Å². The number of para-hydroxylation sites is 1. The predicted molar refractivity (Wildman–Crippen MR) is 52.7 cm³/mol. The summed E-state index contributed by atoms with van der Waals surface area (Å²) in [6.45, 7) is 0. The van der Waals surface area contributed by atoms with Crippen molar-refractivity contribution >= 4 is 23.0 Å². The Morgan fingerprint density at radius 3 is 2.93 bits per heavy atom. The van der Waals surface area contributed by atoms with Crippen LogP contribution >= 0.6 is 0 Å². The highest BCUT2D eigenvalue weighted by atomic mass is 16.2. The number of carbonyl (C=O) groups is 1. The first kappa shape index (κ1) is 8.69. The first-order valence-corrected chi connectivity index (χ1v) is 4.27. The molecule has 1 aromatic carbocycles. The summed E-state index contributed by atoms with van der Waals surface area (Å²) in [6.07, 6.45) is 3.23. The lowest BCUT2D eigenvalue weighted by molar-refractivity contribution is -0.112. The standard InChI is InChI=1S/C11H8NO2/c13-7-9(14)5-8-6-12-11-4-2-1-3-10(8)11/h1-4,6,12H,5H2. The number of H-pyrrole nitrogens is 1. The maximum Gasteiger partial charge on any atom is 0.272 e. The average molecular weight is 186 g/mol. The van der Waals surface area contributed by atoms with Crippen LogP contribution in [0, 0.1) is 0 Å². The maximum atomic E-state index is 10.9. The molecule has 0 spiro atoms. The summed E-state index contributed by atoms with van der Waals surface area (Å²) in [7, 11) is 0. The Labute approximate surface area is 80.7 Å². The number of rotatable bonds is 3. The zero-order valence-corrected chi connectivity index (χ0v) is 7.41. The smallest absolute Gasteiger partial charge is 0.272 e. The topological polar surface area (TPSA) is 49.9 Å². The Kier molecular flexibility index (Phi) is 2.14. The molecule has 0 amide bonds. The molecule has 2 aromatic rings. The molecule has 14 heavy (non-hydrogen) atoms. The van der Waals surface area contributed by atoms with Crippen molar-refractivity contribution in [1.29, 1.82) is 0 Å². The van der Waals surface area contributed by atoms with Crippen LogP contribution in [0.1, 0.15) is 5.56 Å². The molecule has 3 heteroatoms. The molecule has 0 aliphatic carbocycles. The molecule has 0 aliphatic heterocycles. The summed E-state index contributed by atoms with van der Waals surface area (Å²) in [5.74, 6) is -0.519. The summed E-state index contributed by atoms with van der Waals surface area (Å²) in [5, 5.41) is 0.983. The van der Waals surface area contributed by atoms with Gasteiger partial charge in [0.1, 0.15) is 0 Å². The zero-order valence-electron chi connectivity index (χ0n) is 7.41.